The van der Waals surface area contributed by atoms with Crippen molar-refractivity contribution in [1.29, 1.82) is 0 Å². The van der Waals surface area contributed by atoms with Gasteiger partial charge in [0.25, 0.3) is 0 Å². The highest BCUT2D eigenvalue weighted by molar-refractivity contribution is 5.17. The summed E-state index contributed by atoms with van der Waals surface area (Å²) in [5.74, 6) is 0. The predicted molar refractivity (Wildman–Crippen MR) is 126 cm³/mol. The highest BCUT2D eigenvalue weighted by atomic mass is 16.8. The molecule has 9 heteroatoms. The minimum Gasteiger partial charge on any atom is -0.372 e. The Bertz CT molecular complexity index is 840. The lowest BCUT2D eigenvalue weighted by atomic mass is 9.96. The minimum atomic E-state index is -0.661. The molecule has 5 saturated heterocycles. The summed E-state index contributed by atoms with van der Waals surface area (Å²) in [6.45, 7) is 6.37. The third kappa shape index (κ3) is 5.10. The molecule has 0 spiro atoms. The SMILES string of the molecule is CCCCOC1[C@@H]2OC(c3ccccc3)OCC2O[C@@H](O[C@@H]2C3CO[C@H](O3)[C@@H]3OC23)[C@H]1OCCCC. The van der Waals surface area contributed by atoms with Crippen molar-refractivity contribution >= 4 is 0 Å². The lowest BCUT2D eigenvalue weighted by molar-refractivity contribution is -0.378. The minimum absolute atomic E-state index is 0.0466. The smallest absolute Gasteiger partial charge is 0.187 e. The van der Waals surface area contributed by atoms with Crippen molar-refractivity contribution < 1.29 is 42.6 Å². The second kappa shape index (κ2) is 11.3. The van der Waals surface area contributed by atoms with Crippen LogP contribution in [-0.2, 0) is 42.6 Å². The van der Waals surface area contributed by atoms with E-state index in [-0.39, 0.29) is 49.0 Å². The first-order chi connectivity index (χ1) is 17.8. The van der Waals surface area contributed by atoms with Crippen LogP contribution in [0.1, 0.15) is 51.4 Å². The first-order valence-corrected chi connectivity index (χ1v) is 13.6. The van der Waals surface area contributed by atoms with Crippen LogP contribution in [0.3, 0.4) is 0 Å². The number of epoxide rings is 1. The van der Waals surface area contributed by atoms with Crippen LogP contribution < -0.4 is 0 Å². The standard InChI is InChI=1S/C27H38O9/c1-3-5-12-28-21-19-17(14-30-25(35-19)16-10-8-7-9-11-16)33-27(23(21)29-13-6-4-2)36-20-18-15-31-26(32-18)24-22(20)34-24/h7-11,17-27H,3-6,12-15H2,1-2H3/t17?,18?,19-,20-,21?,22?,23+,24-,25?,26-,27+/m1/s1. The summed E-state index contributed by atoms with van der Waals surface area (Å²) in [5, 5.41) is 0. The number of rotatable bonds is 11. The van der Waals surface area contributed by atoms with Gasteiger partial charge < -0.3 is 42.6 Å². The molecular weight excluding hydrogens is 468 g/mol. The molecule has 200 valence electrons. The molecule has 5 aliphatic rings. The Labute approximate surface area is 212 Å². The summed E-state index contributed by atoms with van der Waals surface area (Å²) in [7, 11) is 0. The largest absolute Gasteiger partial charge is 0.372 e. The van der Waals surface area contributed by atoms with Crippen molar-refractivity contribution in [3.8, 4) is 0 Å². The maximum Gasteiger partial charge on any atom is 0.187 e. The van der Waals surface area contributed by atoms with Gasteiger partial charge in [0, 0.05) is 18.8 Å². The lowest BCUT2D eigenvalue weighted by Crippen LogP contribution is -2.64. The van der Waals surface area contributed by atoms with Gasteiger partial charge in [0.1, 0.15) is 48.8 Å². The van der Waals surface area contributed by atoms with Gasteiger partial charge in [-0.15, -0.1) is 0 Å². The summed E-state index contributed by atoms with van der Waals surface area (Å²) in [5.41, 5.74) is 0.970. The molecule has 0 N–H and O–H groups in total. The van der Waals surface area contributed by atoms with Crippen molar-refractivity contribution in [1.82, 2.24) is 0 Å². The maximum absolute atomic E-state index is 6.59. The van der Waals surface area contributed by atoms with Crippen molar-refractivity contribution in [2.45, 2.75) is 107 Å². The fourth-order valence-electron chi connectivity index (χ4n) is 5.47. The zero-order valence-corrected chi connectivity index (χ0v) is 21.1. The van der Waals surface area contributed by atoms with Crippen LogP contribution in [0.2, 0.25) is 0 Å². The third-order valence-corrected chi connectivity index (χ3v) is 7.52. The molecule has 5 aliphatic heterocycles. The lowest BCUT2D eigenvalue weighted by Gasteiger charge is -2.49. The van der Waals surface area contributed by atoms with E-state index in [0.717, 1.165) is 31.2 Å². The summed E-state index contributed by atoms with van der Waals surface area (Å²) in [4.78, 5) is 0. The molecule has 0 radical (unpaired) electrons. The van der Waals surface area contributed by atoms with Crippen molar-refractivity contribution in [2.24, 2.45) is 0 Å². The van der Waals surface area contributed by atoms with E-state index in [4.69, 9.17) is 42.6 Å². The molecule has 0 aliphatic carbocycles. The molecule has 36 heavy (non-hydrogen) atoms. The van der Waals surface area contributed by atoms with Gasteiger partial charge in [-0.3, -0.25) is 0 Å². The van der Waals surface area contributed by atoms with E-state index in [9.17, 15) is 0 Å². The van der Waals surface area contributed by atoms with Crippen LogP contribution in [0.5, 0.6) is 0 Å². The summed E-state index contributed by atoms with van der Waals surface area (Å²) in [6, 6.07) is 9.97. The average molecular weight is 507 g/mol. The van der Waals surface area contributed by atoms with Gasteiger partial charge in [0.15, 0.2) is 18.9 Å². The molecule has 5 heterocycles. The Morgan fingerprint density at radius 2 is 1.47 bits per heavy atom. The molecule has 1 aromatic rings. The Morgan fingerprint density at radius 3 is 2.25 bits per heavy atom. The topological polar surface area (TPSA) is 86.4 Å². The Hall–Kier alpha value is -1.14. The van der Waals surface area contributed by atoms with E-state index in [1.165, 1.54) is 0 Å². The van der Waals surface area contributed by atoms with Crippen molar-refractivity contribution in [2.75, 3.05) is 26.4 Å². The Morgan fingerprint density at radius 1 is 0.722 bits per heavy atom. The van der Waals surface area contributed by atoms with Gasteiger partial charge in [-0.25, -0.2) is 0 Å². The second-order valence-electron chi connectivity index (χ2n) is 10.1. The third-order valence-electron chi connectivity index (χ3n) is 7.52. The van der Waals surface area contributed by atoms with Crippen molar-refractivity contribution in [3.63, 3.8) is 0 Å². The first-order valence-electron chi connectivity index (χ1n) is 13.6. The normalized spacial score (nSPS) is 43.1. The molecule has 1 aromatic carbocycles. The summed E-state index contributed by atoms with van der Waals surface area (Å²) >= 11 is 0. The summed E-state index contributed by atoms with van der Waals surface area (Å²) < 4.78 is 56.1. The van der Waals surface area contributed by atoms with Crippen LogP contribution in [0, 0.1) is 0 Å². The second-order valence-corrected chi connectivity index (χ2v) is 10.1. The molecule has 2 bridgehead atoms. The van der Waals surface area contributed by atoms with E-state index < -0.39 is 18.7 Å². The first kappa shape index (κ1) is 25.2. The van der Waals surface area contributed by atoms with E-state index in [1.807, 2.05) is 30.3 Å². The van der Waals surface area contributed by atoms with Gasteiger partial charge in [-0.2, -0.15) is 0 Å². The number of ether oxygens (including phenoxy) is 9. The number of unbranched alkanes of at least 4 members (excludes halogenated alkanes) is 2. The highest BCUT2D eigenvalue weighted by Crippen LogP contribution is 2.45. The molecule has 6 rings (SSSR count). The molecule has 0 amide bonds. The van der Waals surface area contributed by atoms with Gasteiger partial charge >= 0.3 is 0 Å². The van der Waals surface area contributed by atoms with E-state index >= 15 is 0 Å². The molecular formula is C27H38O9. The number of hydrogen-bond donors (Lipinski definition) is 0. The van der Waals surface area contributed by atoms with Crippen LogP contribution >= 0.6 is 0 Å². The quantitative estimate of drug-likeness (QED) is 0.332. The average Bonchev–Trinajstić information content (AvgIpc) is 3.60. The number of hydrogen-bond acceptors (Lipinski definition) is 9. The zero-order valence-electron chi connectivity index (χ0n) is 21.1. The Balaban J connectivity index is 1.23. The molecule has 9 nitrogen and oxygen atoms in total. The van der Waals surface area contributed by atoms with E-state index in [1.54, 1.807) is 0 Å². The van der Waals surface area contributed by atoms with Crippen LogP contribution in [0.25, 0.3) is 0 Å². The van der Waals surface area contributed by atoms with E-state index in [2.05, 4.69) is 13.8 Å². The van der Waals surface area contributed by atoms with E-state index in [0.29, 0.717) is 26.4 Å². The van der Waals surface area contributed by atoms with Gasteiger partial charge in [0.05, 0.1) is 13.2 Å². The number of fused-ring (bicyclic) bond motifs is 5. The number of benzene rings is 1. The highest BCUT2D eigenvalue weighted by Gasteiger charge is 2.63. The van der Waals surface area contributed by atoms with Gasteiger partial charge in [-0.05, 0) is 12.8 Å². The Kier molecular flexibility index (Phi) is 7.90. The molecule has 0 saturated carbocycles. The molecule has 5 fully saturated rings. The van der Waals surface area contributed by atoms with Crippen LogP contribution in [0.4, 0.5) is 0 Å². The fraction of sp³-hybridized carbons (Fsp3) is 0.778. The zero-order chi connectivity index (χ0) is 24.5. The van der Waals surface area contributed by atoms with Crippen molar-refractivity contribution in [3.05, 3.63) is 35.9 Å². The van der Waals surface area contributed by atoms with Gasteiger partial charge in [0.2, 0.25) is 0 Å². The maximum atomic E-state index is 6.59. The monoisotopic (exact) mass is 506 g/mol. The fourth-order valence-corrected chi connectivity index (χ4v) is 5.47. The van der Waals surface area contributed by atoms with Crippen LogP contribution in [-0.4, -0.2) is 87.8 Å². The van der Waals surface area contributed by atoms with Crippen LogP contribution in [0.15, 0.2) is 30.3 Å². The predicted octanol–water partition coefficient (Wildman–Crippen LogP) is 3.10. The molecule has 11 atom stereocenters. The molecule has 5 unspecified atom stereocenters. The summed E-state index contributed by atoms with van der Waals surface area (Å²) in [6.07, 6.45) is 0.429. The molecule has 0 aromatic heterocycles. The van der Waals surface area contributed by atoms with Gasteiger partial charge in [-0.1, -0.05) is 57.0 Å².